The lowest BCUT2D eigenvalue weighted by molar-refractivity contribution is 0.318. The standard InChI is InChI=1S/C13H23N5O/c1-4-10-5-7-18(8-6-10)13-11(12(14)16-19)9(2)15-17(13)3/h10,19H,4-8H2,1-3H3,(H2,14,16). The third kappa shape index (κ3) is 2.52. The van der Waals surface area contributed by atoms with Gasteiger partial charge in [-0.25, -0.2) is 0 Å². The van der Waals surface area contributed by atoms with Crippen molar-refractivity contribution in [2.45, 2.75) is 33.1 Å². The van der Waals surface area contributed by atoms with Crippen molar-refractivity contribution in [3.05, 3.63) is 11.3 Å². The summed E-state index contributed by atoms with van der Waals surface area (Å²) in [5, 5.41) is 16.5. The number of rotatable bonds is 3. The molecule has 1 saturated heterocycles. The van der Waals surface area contributed by atoms with E-state index in [1.54, 1.807) is 0 Å². The lowest BCUT2D eigenvalue weighted by Crippen LogP contribution is -2.36. The van der Waals surface area contributed by atoms with Crippen LogP contribution in [-0.2, 0) is 7.05 Å². The second-order valence-corrected chi connectivity index (χ2v) is 5.23. The lowest BCUT2D eigenvalue weighted by atomic mass is 9.94. The normalized spacial score (nSPS) is 18.1. The highest BCUT2D eigenvalue weighted by Crippen LogP contribution is 2.28. The highest BCUT2D eigenvalue weighted by atomic mass is 16.4. The highest BCUT2D eigenvalue weighted by Gasteiger charge is 2.25. The molecule has 6 nitrogen and oxygen atoms in total. The van der Waals surface area contributed by atoms with Crippen molar-refractivity contribution in [3.63, 3.8) is 0 Å². The average molecular weight is 265 g/mol. The van der Waals surface area contributed by atoms with Gasteiger partial charge < -0.3 is 15.8 Å². The minimum Gasteiger partial charge on any atom is -0.409 e. The maximum Gasteiger partial charge on any atom is 0.175 e. The summed E-state index contributed by atoms with van der Waals surface area (Å²) < 4.78 is 1.83. The monoisotopic (exact) mass is 265 g/mol. The van der Waals surface area contributed by atoms with E-state index in [4.69, 9.17) is 10.9 Å². The molecule has 0 aliphatic carbocycles. The maximum absolute atomic E-state index is 8.93. The van der Waals surface area contributed by atoms with Crippen LogP contribution in [0, 0.1) is 12.8 Å². The zero-order valence-corrected chi connectivity index (χ0v) is 11.9. The van der Waals surface area contributed by atoms with Crippen LogP contribution in [-0.4, -0.2) is 33.9 Å². The second kappa shape index (κ2) is 5.50. The van der Waals surface area contributed by atoms with E-state index in [0.717, 1.165) is 36.1 Å². The van der Waals surface area contributed by atoms with Crippen molar-refractivity contribution in [2.75, 3.05) is 18.0 Å². The van der Waals surface area contributed by atoms with Crippen molar-refractivity contribution >= 4 is 11.7 Å². The summed E-state index contributed by atoms with van der Waals surface area (Å²) >= 11 is 0. The first-order valence-electron chi connectivity index (χ1n) is 6.84. The molecule has 6 heteroatoms. The van der Waals surface area contributed by atoms with E-state index in [1.807, 2.05) is 18.7 Å². The van der Waals surface area contributed by atoms with Crippen molar-refractivity contribution in [1.82, 2.24) is 9.78 Å². The molecule has 0 unspecified atom stereocenters. The molecule has 1 aliphatic heterocycles. The van der Waals surface area contributed by atoms with Crippen LogP contribution in [0.2, 0.25) is 0 Å². The van der Waals surface area contributed by atoms with E-state index in [2.05, 4.69) is 22.1 Å². The Morgan fingerprint density at radius 1 is 1.47 bits per heavy atom. The summed E-state index contributed by atoms with van der Waals surface area (Å²) in [5.74, 6) is 1.92. The molecule has 0 amide bonds. The van der Waals surface area contributed by atoms with Gasteiger partial charge in [0.25, 0.3) is 0 Å². The number of hydrogen-bond acceptors (Lipinski definition) is 4. The summed E-state index contributed by atoms with van der Waals surface area (Å²) in [6.45, 7) is 6.14. The van der Waals surface area contributed by atoms with Crippen LogP contribution in [0.1, 0.15) is 37.4 Å². The maximum atomic E-state index is 8.93. The van der Waals surface area contributed by atoms with Crippen molar-refractivity contribution < 1.29 is 5.21 Å². The quantitative estimate of drug-likeness (QED) is 0.375. The number of hydrogen-bond donors (Lipinski definition) is 2. The van der Waals surface area contributed by atoms with Crippen molar-refractivity contribution in [3.8, 4) is 0 Å². The molecule has 2 heterocycles. The van der Waals surface area contributed by atoms with Crippen LogP contribution >= 0.6 is 0 Å². The van der Waals surface area contributed by atoms with Crippen molar-refractivity contribution in [1.29, 1.82) is 0 Å². The minimum absolute atomic E-state index is 0.137. The number of amidine groups is 1. The Labute approximate surface area is 113 Å². The van der Waals surface area contributed by atoms with Gasteiger partial charge in [0.1, 0.15) is 5.82 Å². The molecule has 0 bridgehead atoms. The predicted octanol–water partition coefficient (Wildman–Crippen LogP) is 1.45. The fourth-order valence-corrected chi connectivity index (χ4v) is 2.91. The van der Waals surface area contributed by atoms with Gasteiger partial charge >= 0.3 is 0 Å². The van der Waals surface area contributed by atoms with Gasteiger partial charge in [-0.05, 0) is 25.7 Å². The summed E-state index contributed by atoms with van der Waals surface area (Å²) in [7, 11) is 1.91. The molecule has 2 rings (SSSR count). The number of aromatic nitrogens is 2. The van der Waals surface area contributed by atoms with Crippen LogP contribution in [0.4, 0.5) is 5.82 Å². The summed E-state index contributed by atoms with van der Waals surface area (Å²) in [6, 6.07) is 0. The summed E-state index contributed by atoms with van der Waals surface area (Å²) in [4.78, 5) is 2.29. The molecular formula is C13H23N5O. The topological polar surface area (TPSA) is 79.7 Å². The largest absolute Gasteiger partial charge is 0.409 e. The first-order chi connectivity index (χ1) is 9.08. The van der Waals surface area contributed by atoms with Gasteiger partial charge in [0.05, 0.1) is 11.3 Å². The Morgan fingerprint density at radius 2 is 2.11 bits per heavy atom. The third-order valence-electron chi connectivity index (χ3n) is 4.05. The second-order valence-electron chi connectivity index (χ2n) is 5.23. The average Bonchev–Trinajstić information content (AvgIpc) is 2.72. The molecule has 1 aliphatic rings. The minimum atomic E-state index is 0.137. The molecule has 0 spiro atoms. The van der Waals surface area contributed by atoms with Crippen LogP contribution in [0.15, 0.2) is 5.16 Å². The van der Waals surface area contributed by atoms with Crippen LogP contribution in [0.25, 0.3) is 0 Å². The fourth-order valence-electron chi connectivity index (χ4n) is 2.91. The van der Waals surface area contributed by atoms with Gasteiger partial charge in [-0.15, -0.1) is 0 Å². The number of nitrogens with zero attached hydrogens (tertiary/aromatic N) is 4. The molecule has 106 valence electrons. The SMILES string of the molecule is CCC1CCN(c2c(C(N)=NO)c(C)nn2C)CC1. The Kier molecular flexibility index (Phi) is 3.97. The molecule has 1 aromatic heterocycles. The predicted molar refractivity (Wildman–Crippen MR) is 75.7 cm³/mol. The molecule has 0 atom stereocenters. The first-order valence-corrected chi connectivity index (χ1v) is 6.84. The van der Waals surface area contributed by atoms with E-state index < -0.39 is 0 Å². The van der Waals surface area contributed by atoms with Gasteiger partial charge in [0.2, 0.25) is 0 Å². The highest BCUT2D eigenvalue weighted by molar-refractivity contribution is 6.02. The Hall–Kier alpha value is -1.72. The van der Waals surface area contributed by atoms with Gasteiger partial charge in [-0.1, -0.05) is 18.5 Å². The van der Waals surface area contributed by atoms with Crippen LogP contribution in [0.3, 0.4) is 0 Å². The zero-order valence-electron chi connectivity index (χ0n) is 11.9. The van der Waals surface area contributed by atoms with Crippen molar-refractivity contribution in [2.24, 2.45) is 23.9 Å². The van der Waals surface area contributed by atoms with Gasteiger partial charge in [-0.3, -0.25) is 4.68 Å². The molecule has 0 saturated carbocycles. The molecule has 0 radical (unpaired) electrons. The molecule has 19 heavy (non-hydrogen) atoms. The van der Waals surface area contributed by atoms with E-state index >= 15 is 0 Å². The number of aryl methyl sites for hydroxylation is 2. The van der Waals surface area contributed by atoms with Gasteiger partial charge in [-0.2, -0.15) is 5.10 Å². The molecular weight excluding hydrogens is 242 g/mol. The summed E-state index contributed by atoms with van der Waals surface area (Å²) in [5.41, 5.74) is 7.34. The molecule has 1 fully saturated rings. The smallest absolute Gasteiger partial charge is 0.175 e. The number of anilines is 1. The molecule has 3 N–H and O–H groups in total. The van der Waals surface area contributed by atoms with Crippen LogP contribution in [0.5, 0.6) is 0 Å². The zero-order chi connectivity index (χ0) is 14.0. The summed E-state index contributed by atoms with van der Waals surface area (Å²) in [6.07, 6.45) is 3.62. The molecule has 1 aromatic rings. The Morgan fingerprint density at radius 3 is 2.63 bits per heavy atom. The van der Waals surface area contributed by atoms with Gasteiger partial charge in [0.15, 0.2) is 5.84 Å². The van der Waals surface area contributed by atoms with Gasteiger partial charge in [0, 0.05) is 20.1 Å². The molecule has 0 aromatic carbocycles. The third-order valence-corrected chi connectivity index (χ3v) is 4.05. The number of oxime groups is 1. The van der Waals surface area contributed by atoms with Crippen LogP contribution < -0.4 is 10.6 Å². The number of piperidine rings is 1. The number of nitrogens with two attached hydrogens (primary N) is 1. The van der Waals surface area contributed by atoms with E-state index in [-0.39, 0.29) is 5.84 Å². The van der Waals surface area contributed by atoms with E-state index in [9.17, 15) is 0 Å². The van der Waals surface area contributed by atoms with E-state index in [0.29, 0.717) is 0 Å². The Balaban J connectivity index is 2.30. The lowest BCUT2D eigenvalue weighted by Gasteiger charge is -2.33. The Bertz CT molecular complexity index is 472. The van der Waals surface area contributed by atoms with E-state index in [1.165, 1.54) is 19.3 Å². The first kappa shape index (κ1) is 13.7. The fraction of sp³-hybridized carbons (Fsp3) is 0.692.